The second-order valence-corrected chi connectivity index (χ2v) is 7.27. The smallest absolute Gasteiger partial charge is 0.0796 e. The van der Waals surface area contributed by atoms with Crippen LogP contribution >= 0.6 is 12.6 Å². The summed E-state index contributed by atoms with van der Waals surface area (Å²) in [4.78, 5) is 0. The highest BCUT2D eigenvalue weighted by molar-refractivity contribution is 7.81. The molecule has 0 aliphatic rings. The van der Waals surface area contributed by atoms with E-state index in [0.717, 1.165) is 24.8 Å². The Bertz CT molecular complexity index is 461. The lowest BCUT2D eigenvalue weighted by molar-refractivity contribution is 0.467. The number of hydrogen-bond acceptors (Lipinski definition) is 2. The number of rotatable bonds is 12. The molecule has 2 atom stereocenters. The number of unbranched alkanes of at least 4 members (excludes halogenated alkanes) is 4. The van der Waals surface area contributed by atoms with E-state index in [-0.39, 0.29) is 5.25 Å². The van der Waals surface area contributed by atoms with Gasteiger partial charge in [-0.05, 0) is 58.1 Å². The van der Waals surface area contributed by atoms with Gasteiger partial charge < -0.3 is 0 Å². The van der Waals surface area contributed by atoms with Gasteiger partial charge in [0.15, 0.2) is 0 Å². The lowest BCUT2D eigenvalue weighted by atomic mass is 9.80. The average molecular weight is 332 g/mol. The molecule has 128 valence electrons. The molecular weight excluding hydrogens is 298 g/mol. The van der Waals surface area contributed by atoms with Crippen LogP contribution in [0, 0.1) is 16.7 Å². The van der Waals surface area contributed by atoms with Crippen molar-refractivity contribution < 1.29 is 0 Å². The van der Waals surface area contributed by atoms with Crippen molar-refractivity contribution in [2.45, 2.75) is 77.4 Å². The van der Waals surface area contributed by atoms with Gasteiger partial charge in [-0.25, -0.2) is 0 Å². The zero-order chi connectivity index (χ0) is 17.6. The van der Waals surface area contributed by atoms with E-state index in [9.17, 15) is 5.26 Å². The molecule has 0 saturated carbocycles. The first kappa shape index (κ1) is 21.8. The molecule has 0 aromatic rings. The minimum absolute atomic E-state index is 0.187. The van der Waals surface area contributed by atoms with Crippen LogP contribution in [0.4, 0.5) is 0 Å². The summed E-state index contributed by atoms with van der Waals surface area (Å²) in [5.41, 5.74) is 3.84. The van der Waals surface area contributed by atoms with Crippen LogP contribution in [-0.2, 0) is 0 Å². The molecule has 0 aliphatic heterocycles. The average Bonchev–Trinajstić information content (AvgIpc) is 2.51. The minimum atomic E-state index is -0.440. The monoisotopic (exact) mass is 331 g/mol. The Morgan fingerprint density at radius 3 is 2.65 bits per heavy atom. The summed E-state index contributed by atoms with van der Waals surface area (Å²) in [7, 11) is 0. The van der Waals surface area contributed by atoms with Crippen molar-refractivity contribution in [2.75, 3.05) is 0 Å². The second kappa shape index (κ2) is 13.3. The molecule has 0 rings (SSSR count). The molecule has 0 spiro atoms. The standard InChI is InChI=1S/C21H33NS/c1-5-6-7-8-9-11-15-21(18-22,17-14-19(2)3)16-12-10-13-20(4)23/h11-13,15,20,23H,2,5-9,14,16-17H2,1,3-4H3. The first-order chi connectivity index (χ1) is 11.0. The third-order valence-electron chi connectivity index (χ3n) is 3.80. The molecule has 0 fully saturated rings. The molecule has 0 N–H and O–H groups in total. The molecule has 0 bridgehead atoms. The van der Waals surface area contributed by atoms with Crippen molar-refractivity contribution in [2.24, 2.45) is 5.41 Å². The van der Waals surface area contributed by atoms with Gasteiger partial charge in [-0.3, -0.25) is 0 Å². The molecule has 0 radical (unpaired) electrons. The molecule has 0 aromatic carbocycles. The third-order valence-corrected chi connectivity index (χ3v) is 3.95. The SMILES string of the molecule is C=C(C)CCC(C#N)(C=CCCCCCC)CC=C=CC(C)S. The van der Waals surface area contributed by atoms with E-state index in [2.05, 4.69) is 50.1 Å². The maximum atomic E-state index is 9.73. The Balaban J connectivity index is 4.82. The van der Waals surface area contributed by atoms with Crippen LogP contribution in [0.5, 0.6) is 0 Å². The van der Waals surface area contributed by atoms with Crippen LogP contribution in [0.15, 0.2) is 42.2 Å². The fourth-order valence-corrected chi connectivity index (χ4v) is 2.36. The van der Waals surface area contributed by atoms with Crippen LogP contribution in [-0.4, -0.2) is 5.25 Å². The summed E-state index contributed by atoms with van der Waals surface area (Å²) < 4.78 is 0. The summed E-state index contributed by atoms with van der Waals surface area (Å²) in [6.45, 7) is 10.2. The molecule has 0 saturated heterocycles. The van der Waals surface area contributed by atoms with Gasteiger partial charge in [-0.1, -0.05) is 43.9 Å². The van der Waals surface area contributed by atoms with Gasteiger partial charge >= 0.3 is 0 Å². The second-order valence-electron chi connectivity index (χ2n) is 6.46. The lowest BCUT2D eigenvalue weighted by Gasteiger charge is -2.21. The Morgan fingerprint density at radius 2 is 2.09 bits per heavy atom. The molecule has 0 amide bonds. The molecule has 1 nitrogen and oxygen atoms in total. The minimum Gasteiger partial charge on any atom is -0.197 e. The van der Waals surface area contributed by atoms with Crippen LogP contribution in [0.2, 0.25) is 0 Å². The zero-order valence-electron chi connectivity index (χ0n) is 15.1. The Labute approximate surface area is 149 Å². The fraction of sp³-hybridized carbons (Fsp3) is 0.619. The van der Waals surface area contributed by atoms with E-state index in [1.165, 1.54) is 25.7 Å². The summed E-state index contributed by atoms with van der Waals surface area (Å²) in [6.07, 6.45) is 16.7. The highest BCUT2D eigenvalue weighted by atomic mass is 32.1. The van der Waals surface area contributed by atoms with Crippen LogP contribution in [0.1, 0.15) is 72.1 Å². The number of hydrogen-bond donors (Lipinski definition) is 1. The predicted molar refractivity (Wildman–Crippen MR) is 106 cm³/mol. The summed E-state index contributed by atoms with van der Waals surface area (Å²) in [5.74, 6) is 0. The van der Waals surface area contributed by atoms with Crippen molar-refractivity contribution in [3.8, 4) is 6.07 Å². The molecule has 2 unspecified atom stereocenters. The van der Waals surface area contributed by atoms with Gasteiger partial charge in [0, 0.05) is 5.25 Å². The van der Waals surface area contributed by atoms with Crippen LogP contribution < -0.4 is 0 Å². The van der Waals surface area contributed by atoms with E-state index in [1.54, 1.807) is 0 Å². The highest BCUT2D eigenvalue weighted by Gasteiger charge is 2.25. The molecular formula is C21H33NS. The summed E-state index contributed by atoms with van der Waals surface area (Å²) >= 11 is 4.30. The molecule has 2 heteroatoms. The largest absolute Gasteiger partial charge is 0.197 e. The Morgan fingerprint density at radius 1 is 1.35 bits per heavy atom. The van der Waals surface area contributed by atoms with Gasteiger partial charge in [0.1, 0.15) is 0 Å². The van der Waals surface area contributed by atoms with Gasteiger partial charge in [0.05, 0.1) is 11.5 Å². The number of nitrogens with zero attached hydrogens (tertiary/aromatic N) is 1. The van der Waals surface area contributed by atoms with E-state index in [0.29, 0.717) is 6.42 Å². The fourth-order valence-electron chi connectivity index (χ4n) is 2.27. The quantitative estimate of drug-likeness (QED) is 0.181. The van der Waals surface area contributed by atoms with Crippen molar-refractivity contribution in [1.82, 2.24) is 0 Å². The van der Waals surface area contributed by atoms with Crippen LogP contribution in [0.25, 0.3) is 0 Å². The maximum Gasteiger partial charge on any atom is 0.0796 e. The summed E-state index contributed by atoms with van der Waals surface area (Å²) in [6, 6.07) is 2.53. The molecule has 0 aromatic heterocycles. The van der Waals surface area contributed by atoms with E-state index >= 15 is 0 Å². The Kier molecular flexibility index (Phi) is 12.6. The first-order valence-corrected chi connectivity index (χ1v) is 9.30. The topological polar surface area (TPSA) is 23.8 Å². The van der Waals surface area contributed by atoms with E-state index in [4.69, 9.17) is 0 Å². The number of thiol groups is 1. The molecule has 0 heterocycles. The normalized spacial score (nSPS) is 14.6. The lowest BCUT2D eigenvalue weighted by Crippen LogP contribution is -2.14. The zero-order valence-corrected chi connectivity index (χ0v) is 16.0. The van der Waals surface area contributed by atoms with Gasteiger partial charge in [-0.2, -0.15) is 17.9 Å². The van der Waals surface area contributed by atoms with Crippen molar-refractivity contribution >= 4 is 12.6 Å². The van der Waals surface area contributed by atoms with Gasteiger partial charge in [0.2, 0.25) is 0 Å². The van der Waals surface area contributed by atoms with Crippen molar-refractivity contribution in [1.29, 1.82) is 5.26 Å². The van der Waals surface area contributed by atoms with E-state index < -0.39 is 5.41 Å². The van der Waals surface area contributed by atoms with Gasteiger partial charge in [-0.15, -0.1) is 12.3 Å². The maximum absolute atomic E-state index is 9.73. The Hall–Kier alpha value is -1.16. The molecule has 0 aliphatic carbocycles. The third kappa shape index (κ3) is 12.0. The van der Waals surface area contributed by atoms with Crippen LogP contribution in [0.3, 0.4) is 0 Å². The molecule has 23 heavy (non-hydrogen) atoms. The number of allylic oxidation sites excluding steroid dienone is 3. The first-order valence-electron chi connectivity index (χ1n) is 8.78. The van der Waals surface area contributed by atoms with Gasteiger partial charge in [0.25, 0.3) is 0 Å². The predicted octanol–water partition coefficient (Wildman–Crippen LogP) is 6.80. The van der Waals surface area contributed by atoms with E-state index in [1.807, 2.05) is 26.0 Å². The van der Waals surface area contributed by atoms with Crippen molar-refractivity contribution in [3.05, 3.63) is 42.2 Å². The highest BCUT2D eigenvalue weighted by Crippen LogP contribution is 2.31. The van der Waals surface area contributed by atoms with Crippen molar-refractivity contribution in [3.63, 3.8) is 0 Å². The summed E-state index contributed by atoms with van der Waals surface area (Å²) in [5, 5.41) is 9.92. The number of nitriles is 1.